The molecule has 0 aromatic heterocycles. The van der Waals surface area contributed by atoms with E-state index in [0.717, 1.165) is 23.2 Å². The predicted octanol–water partition coefficient (Wildman–Crippen LogP) is 6.03. The van der Waals surface area contributed by atoms with E-state index in [-0.39, 0.29) is 11.9 Å². The fraction of sp³-hybridized carbons (Fsp3) is 0.360. The summed E-state index contributed by atoms with van der Waals surface area (Å²) in [5.41, 5.74) is 8.91. The molecule has 0 fully saturated rings. The van der Waals surface area contributed by atoms with Crippen LogP contribution in [0.1, 0.15) is 63.5 Å². The third-order valence-electron chi connectivity index (χ3n) is 5.68. The minimum absolute atomic E-state index is 0.156. The zero-order chi connectivity index (χ0) is 20.8. The van der Waals surface area contributed by atoms with E-state index in [4.69, 9.17) is 4.74 Å². The van der Waals surface area contributed by atoms with Gasteiger partial charge in [-0.2, -0.15) is 0 Å². The summed E-state index contributed by atoms with van der Waals surface area (Å²) in [6.07, 6.45) is 4.78. The molecule has 148 valence electrons. The number of rotatable bonds is 6. The van der Waals surface area contributed by atoms with Gasteiger partial charge in [0.1, 0.15) is 0 Å². The van der Waals surface area contributed by atoms with Gasteiger partial charge in [-0.25, -0.2) is 4.79 Å². The number of allylic oxidation sites excluding steroid dienone is 2. The number of esters is 1. The number of aryl methyl sites for hydroxylation is 1. The van der Waals surface area contributed by atoms with Crippen molar-refractivity contribution in [1.29, 1.82) is 0 Å². The zero-order valence-corrected chi connectivity index (χ0v) is 18.1. The Bertz CT molecular complexity index is 922. The van der Waals surface area contributed by atoms with Gasteiger partial charge in [-0.05, 0) is 87.4 Å². The third kappa shape index (κ3) is 4.41. The van der Waals surface area contributed by atoms with Crippen LogP contribution < -0.4 is 0 Å². The van der Waals surface area contributed by atoms with Crippen molar-refractivity contribution in [2.24, 2.45) is 4.99 Å². The quantitative estimate of drug-likeness (QED) is 0.455. The van der Waals surface area contributed by atoms with E-state index in [2.05, 4.69) is 56.1 Å². The average Bonchev–Trinajstić information content (AvgIpc) is 2.69. The molecule has 0 spiro atoms. The molecular weight excluding hydrogens is 346 g/mol. The number of carbonyl (C=O) groups is 1. The molecular formula is C25H31NO2. The molecule has 3 heteroatoms. The van der Waals surface area contributed by atoms with Crippen LogP contribution in [0.15, 0.2) is 47.1 Å². The smallest absolute Gasteiger partial charge is 0.338 e. The van der Waals surface area contributed by atoms with Gasteiger partial charge in [0, 0.05) is 17.8 Å². The molecule has 2 aromatic rings. The van der Waals surface area contributed by atoms with Crippen LogP contribution in [0.25, 0.3) is 0 Å². The van der Waals surface area contributed by atoms with E-state index in [1.807, 2.05) is 33.1 Å². The number of carbonyl (C=O) groups excluding carboxylic acids is 1. The van der Waals surface area contributed by atoms with Crippen LogP contribution in [-0.2, 0) is 11.2 Å². The second-order valence-corrected chi connectivity index (χ2v) is 7.16. The van der Waals surface area contributed by atoms with Gasteiger partial charge in [-0.1, -0.05) is 30.3 Å². The number of ether oxygens (including phenoxy) is 1. The SMILES string of the molecule is CC=N/C(=C\C)C(Cc1ccc(C(=O)OC)c(C)c1C)c1cccc(C)c1C. The monoisotopic (exact) mass is 377 g/mol. The molecule has 2 aromatic carbocycles. The first-order valence-corrected chi connectivity index (χ1v) is 9.74. The second-order valence-electron chi connectivity index (χ2n) is 7.16. The highest BCUT2D eigenvalue weighted by Gasteiger charge is 2.21. The fourth-order valence-electron chi connectivity index (χ4n) is 3.69. The van der Waals surface area contributed by atoms with E-state index in [0.29, 0.717) is 5.56 Å². The van der Waals surface area contributed by atoms with E-state index < -0.39 is 0 Å². The number of nitrogens with zero attached hydrogens (tertiary/aromatic N) is 1. The van der Waals surface area contributed by atoms with Gasteiger partial charge in [-0.15, -0.1) is 0 Å². The Morgan fingerprint density at radius 1 is 1.04 bits per heavy atom. The van der Waals surface area contributed by atoms with Crippen molar-refractivity contribution in [2.75, 3.05) is 7.11 Å². The van der Waals surface area contributed by atoms with Gasteiger partial charge in [0.25, 0.3) is 0 Å². The van der Waals surface area contributed by atoms with E-state index in [1.165, 1.54) is 29.4 Å². The summed E-state index contributed by atoms with van der Waals surface area (Å²) in [6.45, 7) is 12.4. The topological polar surface area (TPSA) is 38.7 Å². The number of aliphatic imine (C=N–C) groups is 1. The van der Waals surface area contributed by atoms with Gasteiger partial charge < -0.3 is 4.74 Å². The minimum atomic E-state index is -0.289. The summed E-state index contributed by atoms with van der Waals surface area (Å²) in [5, 5.41) is 0. The first kappa shape index (κ1) is 21.6. The van der Waals surface area contributed by atoms with Crippen LogP contribution in [-0.4, -0.2) is 19.3 Å². The lowest BCUT2D eigenvalue weighted by Crippen LogP contribution is -2.11. The molecule has 0 saturated heterocycles. The van der Waals surface area contributed by atoms with Gasteiger partial charge >= 0.3 is 5.97 Å². The maximum absolute atomic E-state index is 12.0. The second kappa shape index (κ2) is 9.50. The van der Waals surface area contributed by atoms with Gasteiger partial charge in [0.2, 0.25) is 0 Å². The Balaban J connectivity index is 2.57. The highest BCUT2D eigenvalue weighted by atomic mass is 16.5. The molecule has 2 rings (SSSR count). The summed E-state index contributed by atoms with van der Waals surface area (Å²) in [4.78, 5) is 16.7. The van der Waals surface area contributed by atoms with Crippen molar-refractivity contribution in [3.63, 3.8) is 0 Å². The number of benzene rings is 2. The van der Waals surface area contributed by atoms with Crippen LogP contribution >= 0.6 is 0 Å². The summed E-state index contributed by atoms with van der Waals surface area (Å²) >= 11 is 0. The molecule has 0 amide bonds. The Morgan fingerprint density at radius 3 is 2.36 bits per heavy atom. The summed E-state index contributed by atoms with van der Waals surface area (Å²) < 4.78 is 4.91. The Kier molecular flexibility index (Phi) is 7.33. The lowest BCUT2D eigenvalue weighted by Gasteiger charge is -2.23. The standard InChI is InChI=1S/C25H31NO2/c1-8-24(26-9-2)23(21-12-10-11-16(3)17(21)4)15-20-13-14-22(25(27)28-7)19(6)18(20)5/h8-14,23H,15H2,1-7H3/b24-8-,26-9?. The van der Waals surface area contributed by atoms with Crippen molar-refractivity contribution in [2.45, 2.75) is 53.9 Å². The number of hydrogen-bond acceptors (Lipinski definition) is 3. The lowest BCUT2D eigenvalue weighted by atomic mass is 9.83. The predicted molar refractivity (Wildman–Crippen MR) is 118 cm³/mol. The maximum Gasteiger partial charge on any atom is 0.338 e. The van der Waals surface area contributed by atoms with Gasteiger partial charge in [0.15, 0.2) is 0 Å². The molecule has 0 aliphatic rings. The van der Waals surface area contributed by atoms with Crippen molar-refractivity contribution >= 4 is 12.2 Å². The van der Waals surface area contributed by atoms with Crippen molar-refractivity contribution < 1.29 is 9.53 Å². The number of methoxy groups -OCH3 is 1. The van der Waals surface area contributed by atoms with Crippen molar-refractivity contribution in [1.82, 2.24) is 0 Å². The van der Waals surface area contributed by atoms with E-state index >= 15 is 0 Å². The Labute approximate surface area is 169 Å². The van der Waals surface area contributed by atoms with Gasteiger partial charge in [0.05, 0.1) is 12.7 Å². The number of hydrogen-bond donors (Lipinski definition) is 0. The summed E-state index contributed by atoms with van der Waals surface area (Å²) in [5.74, 6) is -0.133. The third-order valence-corrected chi connectivity index (χ3v) is 5.68. The van der Waals surface area contributed by atoms with Crippen molar-refractivity contribution in [3.05, 3.63) is 81.0 Å². The molecule has 0 saturated carbocycles. The van der Waals surface area contributed by atoms with E-state index in [1.54, 1.807) is 0 Å². The van der Waals surface area contributed by atoms with Gasteiger partial charge in [-0.3, -0.25) is 4.99 Å². The zero-order valence-electron chi connectivity index (χ0n) is 18.1. The minimum Gasteiger partial charge on any atom is -0.465 e. The molecule has 1 atom stereocenters. The molecule has 0 N–H and O–H groups in total. The van der Waals surface area contributed by atoms with Crippen molar-refractivity contribution in [3.8, 4) is 0 Å². The Hall–Kier alpha value is -2.68. The molecule has 1 unspecified atom stereocenters. The van der Waals surface area contributed by atoms with Crippen LogP contribution in [0.5, 0.6) is 0 Å². The lowest BCUT2D eigenvalue weighted by molar-refractivity contribution is 0.0600. The summed E-state index contributed by atoms with van der Waals surface area (Å²) in [7, 11) is 1.42. The molecule has 0 heterocycles. The highest BCUT2D eigenvalue weighted by Crippen LogP contribution is 2.34. The van der Waals surface area contributed by atoms with Crippen LogP contribution in [0.2, 0.25) is 0 Å². The Morgan fingerprint density at radius 2 is 1.75 bits per heavy atom. The van der Waals surface area contributed by atoms with E-state index in [9.17, 15) is 4.79 Å². The first-order valence-electron chi connectivity index (χ1n) is 9.74. The first-order chi connectivity index (χ1) is 13.3. The summed E-state index contributed by atoms with van der Waals surface area (Å²) in [6, 6.07) is 10.4. The molecule has 0 aliphatic heterocycles. The fourth-order valence-corrected chi connectivity index (χ4v) is 3.69. The highest BCUT2D eigenvalue weighted by molar-refractivity contribution is 5.91. The normalized spacial score (nSPS) is 13.0. The molecule has 3 nitrogen and oxygen atoms in total. The van der Waals surface area contributed by atoms with Crippen LogP contribution in [0.4, 0.5) is 0 Å². The molecule has 0 aliphatic carbocycles. The molecule has 0 bridgehead atoms. The largest absolute Gasteiger partial charge is 0.465 e. The molecule has 0 radical (unpaired) electrons. The van der Waals surface area contributed by atoms with Crippen LogP contribution in [0, 0.1) is 27.7 Å². The average molecular weight is 378 g/mol. The molecule has 28 heavy (non-hydrogen) atoms. The van der Waals surface area contributed by atoms with Crippen LogP contribution in [0.3, 0.4) is 0 Å². The maximum atomic E-state index is 12.0.